The lowest BCUT2D eigenvalue weighted by molar-refractivity contribution is 0.628. The minimum absolute atomic E-state index is 0.218. The third kappa shape index (κ3) is 1.97. The van der Waals surface area contributed by atoms with Crippen LogP contribution in [-0.4, -0.2) is 19.6 Å². The van der Waals surface area contributed by atoms with Crippen molar-refractivity contribution in [2.75, 3.05) is 0 Å². The molecule has 4 rings (SSSR count). The summed E-state index contributed by atoms with van der Waals surface area (Å²) in [7, 11) is 0. The normalized spacial score (nSPS) is 11.0. The summed E-state index contributed by atoms with van der Waals surface area (Å²) >= 11 is 0. The standard InChI is InChI=1S/C16H8FN5O/c17-11-5-1-3-9(7-11)14-20-15-13-10(8-18)4-2-6-12(13)19-16(23)22(15)21-14/h1-7H,(H,19,23). The van der Waals surface area contributed by atoms with Crippen LogP contribution in [0.3, 0.4) is 0 Å². The summed E-state index contributed by atoms with van der Waals surface area (Å²) < 4.78 is 14.5. The number of hydrogen-bond acceptors (Lipinski definition) is 4. The van der Waals surface area contributed by atoms with E-state index in [1.165, 1.54) is 12.1 Å². The van der Waals surface area contributed by atoms with Crippen molar-refractivity contribution in [3.05, 3.63) is 64.3 Å². The fourth-order valence-electron chi connectivity index (χ4n) is 2.52. The SMILES string of the molecule is N#Cc1cccc2[nH]c(=O)n3nc(-c4cccc(F)c4)nc3c12. The Balaban J connectivity index is 2.13. The number of aromatic amines is 1. The molecule has 0 saturated heterocycles. The number of rotatable bonds is 1. The maximum atomic E-state index is 13.4. The molecule has 0 radical (unpaired) electrons. The molecule has 2 heterocycles. The van der Waals surface area contributed by atoms with Gasteiger partial charge < -0.3 is 4.98 Å². The maximum absolute atomic E-state index is 13.4. The van der Waals surface area contributed by atoms with E-state index in [1.807, 2.05) is 0 Å². The predicted octanol–water partition coefficient (Wildman–Crippen LogP) is 2.25. The zero-order valence-electron chi connectivity index (χ0n) is 11.6. The third-order valence-corrected chi connectivity index (χ3v) is 3.53. The molecule has 0 aliphatic heterocycles. The van der Waals surface area contributed by atoms with Crippen molar-refractivity contribution in [1.29, 1.82) is 5.26 Å². The Kier molecular flexibility index (Phi) is 2.71. The van der Waals surface area contributed by atoms with Gasteiger partial charge in [-0.25, -0.2) is 14.2 Å². The van der Waals surface area contributed by atoms with Gasteiger partial charge in [-0.05, 0) is 24.3 Å². The minimum atomic E-state index is -0.474. The van der Waals surface area contributed by atoms with Gasteiger partial charge in [0.1, 0.15) is 5.82 Å². The Bertz CT molecular complexity index is 1170. The number of aromatic nitrogens is 4. The lowest BCUT2D eigenvalue weighted by atomic mass is 10.1. The lowest BCUT2D eigenvalue weighted by Crippen LogP contribution is -2.17. The topological polar surface area (TPSA) is 86.8 Å². The first kappa shape index (κ1) is 13.2. The first-order valence-corrected chi connectivity index (χ1v) is 6.75. The van der Waals surface area contributed by atoms with Crippen molar-refractivity contribution in [3.63, 3.8) is 0 Å². The zero-order chi connectivity index (χ0) is 16.0. The number of H-pyrrole nitrogens is 1. The summed E-state index contributed by atoms with van der Waals surface area (Å²) in [6.45, 7) is 0. The van der Waals surface area contributed by atoms with Gasteiger partial charge >= 0.3 is 5.69 Å². The summed E-state index contributed by atoms with van der Waals surface area (Å²) in [5, 5.41) is 13.9. The van der Waals surface area contributed by atoms with Crippen molar-refractivity contribution in [2.24, 2.45) is 0 Å². The van der Waals surface area contributed by atoms with Crippen LogP contribution in [-0.2, 0) is 0 Å². The zero-order valence-corrected chi connectivity index (χ0v) is 11.6. The number of nitrogens with zero attached hydrogens (tertiary/aromatic N) is 4. The van der Waals surface area contributed by atoms with Gasteiger partial charge in [-0.3, -0.25) is 0 Å². The molecule has 0 unspecified atom stereocenters. The molecule has 0 amide bonds. The smallest absolute Gasteiger partial charge is 0.305 e. The molecule has 23 heavy (non-hydrogen) atoms. The predicted molar refractivity (Wildman–Crippen MR) is 81.2 cm³/mol. The second kappa shape index (κ2) is 4.74. The number of nitriles is 1. The molecule has 6 nitrogen and oxygen atoms in total. The number of benzene rings is 2. The number of halogens is 1. The highest BCUT2D eigenvalue weighted by molar-refractivity contribution is 5.96. The summed E-state index contributed by atoms with van der Waals surface area (Å²) in [4.78, 5) is 19.2. The van der Waals surface area contributed by atoms with Crippen molar-refractivity contribution < 1.29 is 4.39 Å². The van der Waals surface area contributed by atoms with Crippen molar-refractivity contribution in [3.8, 4) is 17.5 Å². The molecular formula is C16H8FN5O. The molecule has 0 fully saturated rings. The van der Waals surface area contributed by atoms with Crippen LogP contribution < -0.4 is 5.69 Å². The Morgan fingerprint density at radius 2 is 2.04 bits per heavy atom. The Morgan fingerprint density at radius 3 is 2.83 bits per heavy atom. The Morgan fingerprint density at radius 1 is 1.22 bits per heavy atom. The molecule has 0 saturated carbocycles. The molecular weight excluding hydrogens is 297 g/mol. The highest BCUT2D eigenvalue weighted by atomic mass is 19.1. The minimum Gasteiger partial charge on any atom is -0.305 e. The van der Waals surface area contributed by atoms with Crippen LogP contribution in [0.25, 0.3) is 27.9 Å². The molecule has 0 aliphatic carbocycles. The van der Waals surface area contributed by atoms with Gasteiger partial charge in [0.05, 0.1) is 22.5 Å². The average molecular weight is 305 g/mol. The molecule has 1 N–H and O–H groups in total. The average Bonchev–Trinajstić information content (AvgIpc) is 3.00. The van der Waals surface area contributed by atoms with Crippen LogP contribution in [0.15, 0.2) is 47.3 Å². The second-order valence-electron chi connectivity index (χ2n) is 4.95. The number of hydrogen-bond donors (Lipinski definition) is 1. The molecule has 110 valence electrons. The van der Waals surface area contributed by atoms with Crippen LogP contribution in [0.4, 0.5) is 4.39 Å². The summed E-state index contributed by atoms with van der Waals surface area (Å²) in [5.41, 5.74) is 1.12. The van der Waals surface area contributed by atoms with Gasteiger partial charge in [-0.2, -0.15) is 9.78 Å². The van der Waals surface area contributed by atoms with E-state index in [0.717, 1.165) is 4.52 Å². The summed E-state index contributed by atoms with van der Waals surface area (Å²) in [6.07, 6.45) is 0. The van der Waals surface area contributed by atoms with Gasteiger partial charge in [0, 0.05) is 5.56 Å². The molecule has 0 spiro atoms. The third-order valence-electron chi connectivity index (χ3n) is 3.53. The number of nitrogens with one attached hydrogen (secondary N) is 1. The largest absolute Gasteiger partial charge is 0.348 e. The molecule has 0 bridgehead atoms. The molecule has 2 aromatic heterocycles. The van der Waals surface area contributed by atoms with E-state index in [-0.39, 0.29) is 11.5 Å². The first-order valence-electron chi connectivity index (χ1n) is 6.75. The quantitative estimate of drug-likeness (QED) is 0.584. The molecule has 4 aromatic rings. The van der Waals surface area contributed by atoms with E-state index in [1.54, 1.807) is 30.3 Å². The fourth-order valence-corrected chi connectivity index (χ4v) is 2.52. The highest BCUT2D eigenvalue weighted by Crippen LogP contribution is 2.22. The fraction of sp³-hybridized carbons (Fsp3) is 0. The van der Waals surface area contributed by atoms with Crippen LogP contribution in [0.2, 0.25) is 0 Å². The van der Waals surface area contributed by atoms with Crippen molar-refractivity contribution in [2.45, 2.75) is 0 Å². The molecule has 0 aliphatic rings. The van der Waals surface area contributed by atoms with E-state index < -0.39 is 11.5 Å². The van der Waals surface area contributed by atoms with Gasteiger partial charge in [-0.15, -0.1) is 5.10 Å². The van der Waals surface area contributed by atoms with Crippen molar-refractivity contribution in [1.82, 2.24) is 19.6 Å². The van der Waals surface area contributed by atoms with E-state index in [0.29, 0.717) is 22.0 Å². The van der Waals surface area contributed by atoms with Gasteiger partial charge in [0.2, 0.25) is 0 Å². The van der Waals surface area contributed by atoms with Gasteiger partial charge in [0.15, 0.2) is 11.5 Å². The van der Waals surface area contributed by atoms with Crippen LogP contribution in [0.1, 0.15) is 5.56 Å². The first-order chi connectivity index (χ1) is 11.2. The lowest BCUT2D eigenvalue weighted by Gasteiger charge is -2.00. The van der Waals surface area contributed by atoms with E-state index in [4.69, 9.17) is 0 Å². The van der Waals surface area contributed by atoms with Gasteiger partial charge in [0.25, 0.3) is 0 Å². The second-order valence-corrected chi connectivity index (χ2v) is 4.95. The van der Waals surface area contributed by atoms with Crippen LogP contribution >= 0.6 is 0 Å². The monoisotopic (exact) mass is 305 g/mol. The van der Waals surface area contributed by atoms with Crippen LogP contribution in [0, 0.1) is 17.1 Å². The molecule has 7 heteroatoms. The van der Waals surface area contributed by atoms with E-state index in [2.05, 4.69) is 21.1 Å². The number of fused-ring (bicyclic) bond motifs is 3. The highest BCUT2D eigenvalue weighted by Gasteiger charge is 2.15. The molecule has 0 atom stereocenters. The van der Waals surface area contributed by atoms with Gasteiger partial charge in [-0.1, -0.05) is 18.2 Å². The Labute approximate surface area is 128 Å². The van der Waals surface area contributed by atoms with E-state index >= 15 is 0 Å². The molecule has 2 aromatic carbocycles. The van der Waals surface area contributed by atoms with Crippen molar-refractivity contribution >= 4 is 16.6 Å². The summed E-state index contributed by atoms with van der Waals surface area (Å²) in [6, 6.07) is 12.9. The van der Waals surface area contributed by atoms with E-state index in [9.17, 15) is 14.4 Å². The van der Waals surface area contributed by atoms with Crippen LogP contribution in [0.5, 0.6) is 0 Å². The maximum Gasteiger partial charge on any atom is 0.348 e. The Hall–Kier alpha value is -3.53. The summed E-state index contributed by atoms with van der Waals surface area (Å²) in [5.74, 6) is -0.201.